The zero-order valence-electron chi connectivity index (χ0n) is 9.43. The quantitative estimate of drug-likeness (QED) is 0.849. The second-order valence-electron chi connectivity index (χ2n) is 3.73. The zero-order chi connectivity index (χ0) is 12.3. The van der Waals surface area contributed by atoms with Crippen LogP contribution >= 0.6 is 27.7 Å². The van der Waals surface area contributed by atoms with Crippen LogP contribution in [0.3, 0.4) is 0 Å². The molecule has 0 spiro atoms. The molecule has 2 nitrogen and oxygen atoms in total. The molecule has 2 atom stereocenters. The number of carbonyl (C=O) groups excluding carboxylic acids is 1. The van der Waals surface area contributed by atoms with Crippen LogP contribution < -0.4 is 0 Å². The summed E-state index contributed by atoms with van der Waals surface area (Å²) in [5.74, 6) is 0.0696. The van der Waals surface area contributed by atoms with Crippen LogP contribution in [-0.2, 0) is 9.53 Å². The van der Waals surface area contributed by atoms with Crippen molar-refractivity contribution in [1.82, 2.24) is 0 Å². The van der Waals surface area contributed by atoms with Crippen molar-refractivity contribution in [2.75, 3.05) is 0 Å². The van der Waals surface area contributed by atoms with Gasteiger partial charge in [-0.05, 0) is 42.8 Å². The third-order valence-electron chi connectivity index (χ3n) is 2.47. The van der Waals surface area contributed by atoms with Gasteiger partial charge in [-0.3, -0.25) is 4.79 Å². The first kappa shape index (κ1) is 12.9. The monoisotopic (exact) mass is 312 g/mol. The molecule has 1 aromatic rings. The molecule has 0 saturated carbocycles. The Morgan fingerprint density at radius 2 is 2.06 bits per heavy atom. The van der Waals surface area contributed by atoms with Gasteiger partial charge in [-0.1, -0.05) is 34.6 Å². The summed E-state index contributed by atoms with van der Waals surface area (Å²) in [6, 6.07) is 8.06. The van der Waals surface area contributed by atoms with Crippen molar-refractivity contribution < 1.29 is 9.53 Å². The van der Waals surface area contributed by atoms with E-state index in [1.807, 2.05) is 37.3 Å². The number of halogens is 1. The minimum atomic E-state index is -0.284. The summed E-state index contributed by atoms with van der Waals surface area (Å²) in [5.41, 5.74) is -0.0705. The number of rotatable bonds is 3. The van der Waals surface area contributed by atoms with E-state index in [1.54, 1.807) is 17.8 Å². The predicted octanol–water partition coefficient (Wildman–Crippen LogP) is 3.80. The molecule has 4 heteroatoms. The highest BCUT2D eigenvalue weighted by Crippen LogP contribution is 2.29. The molecule has 1 aliphatic heterocycles. The predicted molar refractivity (Wildman–Crippen MR) is 73.1 cm³/mol. The molecule has 0 unspecified atom stereocenters. The minimum absolute atomic E-state index is 0.0696. The van der Waals surface area contributed by atoms with Crippen LogP contribution in [0.5, 0.6) is 0 Å². The molecular formula is C13H13BrO2S. The van der Waals surface area contributed by atoms with Gasteiger partial charge in [0, 0.05) is 9.37 Å². The minimum Gasteiger partial charge on any atom is -0.352 e. The van der Waals surface area contributed by atoms with Crippen LogP contribution in [0.1, 0.15) is 13.3 Å². The Labute approximate surface area is 114 Å². The van der Waals surface area contributed by atoms with Gasteiger partial charge in [-0.2, -0.15) is 0 Å². The van der Waals surface area contributed by atoms with E-state index in [0.29, 0.717) is 0 Å². The second-order valence-corrected chi connectivity index (χ2v) is 5.82. The van der Waals surface area contributed by atoms with Crippen molar-refractivity contribution >= 4 is 33.5 Å². The Bertz CT molecular complexity index is 428. The van der Waals surface area contributed by atoms with Crippen molar-refractivity contribution in [3.63, 3.8) is 0 Å². The number of ketones is 1. The Morgan fingerprint density at radius 3 is 2.71 bits per heavy atom. The molecule has 0 fully saturated rings. The van der Waals surface area contributed by atoms with Crippen molar-refractivity contribution in [3.05, 3.63) is 40.9 Å². The molecular weight excluding hydrogens is 300 g/mol. The maximum absolute atomic E-state index is 11.4. The van der Waals surface area contributed by atoms with Crippen LogP contribution in [0, 0.1) is 0 Å². The van der Waals surface area contributed by atoms with Crippen molar-refractivity contribution in [3.8, 4) is 0 Å². The van der Waals surface area contributed by atoms with E-state index in [-0.39, 0.29) is 17.3 Å². The number of hydrogen-bond donors (Lipinski definition) is 0. The van der Waals surface area contributed by atoms with Crippen LogP contribution in [0.4, 0.5) is 0 Å². The maximum atomic E-state index is 11.4. The largest absolute Gasteiger partial charge is 0.352 e. The zero-order valence-corrected chi connectivity index (χ0v) is 11.8. The maximum Gasteiger partial charge on any atom is 0.184 e. The van der Waals surface area contributed by atoms with E-state index < -0.39 is 0 Å². The van der Waals surface area contributed by atoms with Gasteiger partial charge in [0.05, 0.1) is 0 Å². The van der Waals surface area contributed by atoms with E-state index in [2.05, 4.69) is 15.9 Å². The SMILES string of the molecule is CC[C@H]1O[C@H](Sc2ccc(Br)cc2)C=CC1=O. The van der Waals surface area contributed by atoms with Gasteiger partial charge in [-0.15, -0.1) is 0 Å². The Hall–Kier alpha value is -0.580. The molecule has 0 aliphatic carbocycles. The number of benzene rings is 1. The molecule has 0 amide bonds. The van der Waals surface area contributed by atoms with Gasteiger partial charge in [0.25, 0.3) is 0 Å². The molecule has 1 aliphatic rings. The van der Waals surface area contributed by atoms with Crippen LogP contribution in [0.2, 0.25) is 0 Å². The van der Waals surface area contributed by atoms with Crippen molar-refractivity contribution in [1.29, 1.82) is 0 Å². The molecule has 1 heterocycles. The highest BCUT2D eigenvalue weighted by molar-refractivity contribution is 9.10. The number of hydrogen-bond acceptors (Lipinski definition) is 3. The number of carbonyl (C=O) groups is 1. The van der Waals surface area contributed by atoms with Gasteiger partial charge < -0.3 is 4.74 Å². The fourth-order valence-electron chi connectivity index (χ4n) is 1.57. The van der Waals surface area contributed by atoms with E-state index >= 15 is 0 Å². The molecule has 90 valence electrons. The Morgan fingerprint density at radius 1 is 1.35 bits per heavy atom. The molecule has 1 aromatic carbocycles. The highest BCUT2D eigenvalue weighted by atomic mass is 79.9. The summed E-state index contributed by atoms with van der Waals surface area (Å²) in [5, 5.41) is 0. The summed E-state index contributed by atoms with van der Waals surface area (Å²) in [4.78, 5) is 12.6. The smallest absolute Gasteiger partial charge is 0.184 e. The fraction of sp³-hybridized carbons (Fsp3) is 0.308. The summed E-state index contributed by atoms with van der Waals surface area (Å²) >= 11 is 5.01. The molecule has 0 aromatic heterocycles. The Balaban J connectivity index is 2.02. The summed E-state index contributed by atoms with van der Waals surface area (Å²) in [6.07, 6.45) is 3.89. The lowest BCUT2D eigenvalue weighted by molar-refractivity contribution is -0.127. The fourth-order valence-corrected chi connectivity index (χ4v) is 2.74. The van der Waals surface area contributed by atoms with Gasteiger partial charge in [0.15, 0.2) is 5.78 Å². The summed E-state index contributed by atoms with van der Waals surface area (Å²) in [6.45, 7) is 1.96. The third-order valence-corrected chi connectivity index (χ3v) is 4.04. The van der Waals surface area contributed by atoms with Crippen molar-refractivity contribution in [2.45, 2.75) is 29.8 Å². The second kappa shape index (κ2) is 5.85. The van der Waals surface area contributed by atoms with E-state index in [9.17, 15) is 4.79 Å². The van der Waals surface area contributed by atoms with Crippen LogP contribution in [0.25, 0.3) is 0 Å². The lowest BCUT2D eigenvalue weighted by Gasteiger charge is -2.23. The normalized spacial score (nSPS) is 24.0. The molecule has 0 bridgehead atoms. The van der Waals surface area contributed by atoms with Gasteiger partial charge in [0.1, 0.15) is 11.5 Å². The van der Waals surface area contributed by atoms with Crippen LogP contribution in [0.15, 0.2) is 45.8 Å². The first-order valence-electron chi connectivity index (χ1n) is 5.49. The van der Waals surface area contributed by atoms with Gasteiger partial charge in [0.2, 0.25) is 0 Å². The first-order chi connectivity index (χ1) is 8.19. The average molecular weight is 313 g/mol. The van der Waals surface area contributed by atoms with Crippen LogP contribution in [-0.4, -0.2) is 17.3 Å². The van der Waals surface area contributed by atoms with E-state index in [4.69, 9.17) is 4.74 Å². The first-order valence-corrected chi connectivity index (χ1v) is 7.16. The van der Waals surface area contributed by atoms with E-state index in [0.717, 1.165) is 15.8 Å². The topological polar surface area (TPSA) is 26.3 Å². The molecule has 17 heavy (non-hydrogen) atoms. The summed E-state index contributed by atoms with van der Waals surface area (Å²) < 4.78 is 6.76. The third kappa shape index (κ3) is 3.44. The average Bonchev–Trinajstić information content (AvgIpc) is 2.34. The molecule has 2 rings (SSSR count). The molecule has 0 radical (unpaired) electrons. The van der Waals surface area contributed by atoms with Gasteiger partial charge in [-0.25, -0.2) is 0 Å². The summed E-state index contributed by atoms with van der Waals surface area (Å²) in [7, 11) is 0. The Kier molecular flexibility index (Phi) is 4.42. The van der Waals surface area contributed by atoms with E-state index in [1.165, 1.54) is 0 Å². The highest BCUT2D eigenvalue weighted by Gasteiger charge is 2.23. The molecule has 0 N–H and O–H groups in total. The van der Waals surface area contributed by atoms with Gasteiger partial charge >= 0.3 is 0 Å². The number of ether oxygens (including phenoxy) is 1. The van der Waals surface area contributed by atoms with Crippen molar-refractivity contribution in [2.24, 2.45) is 0 Å². The lowest BCUT2D eigenvalue weighted by Crippen LogP contribution is -2.29. The number of thioether (sulfide) groups is 1. The lowest BCUT2D eigenvalue weighted by atomic mass is 10.1. The standard InChI is InChI=1S/C13H13BrO2S/c1-2-12-11(15)7-8-13(16-12)17-10-5-3-9(14)4-6-10/h3-8,12-13H,2H2,1H3/t12-,13-/m1/s1. The molecule has 0 saturated heterocycles.